The number of nitrogens with zero attached hydrogens (tertiary/aromatic N) is 1. The first-order valence-corrected chi connectivity index (χ1v) is 7.97. The maximum Gasteiger partial charge on any atom is 0.416 e. The summed E-state index contributed by atoms with van der Waals surface area (Å²) >= 11 is 0. The second kappa shape index (κ2) is 6.59. The molecule has 2 aromatic carbocycles. The molecule has 2 aromatic rings. The topological polar surface area (TPSA) is 70.0 Å². The Hall–Kier alpha value is -2.44. The molecule has 126 valence electrons. The predicted molar refractivity (Wildman–Crippen MR) is 76.6 cm³/mol. The van der Waals surface area contributed by atoms with Crippen molar-refractivity contribution in [3.63, 3.8) is 0 Å². The lowest BCUT2D eigenvalue weighted by molar-refractivity contribution is -0.137. The van der Waals surface area contributed by atoms with Crippen LogP contribution >= 0.6 is 0 Å². The fourth-order valence-corrected chi connectivity index (χ4v) is 2.91. The second-order valence-electron chi connectivity index (χ2n) is 4.77. The third kappa shape index (κ3) is 4.10. The maximum atomic E-state index is 13.7. The molecule has 1 N–H and O–H groups in total. The van der Waals surface area contributed by atoms with E-state index < -0.39 is 34.1 Å². The largest absolute Gasteiger partial charge is 0.416 e. The van der Waals surface area contributed by atoms with E-state index in [-0.39, 0.29) is 16.0 Å². The van der Waals surface area contributed by atoms with Gasteiger partial charge in [0.15, 0.2) is 0 Å². The molecule has 0 aliphatic rings. The predicted octanol–water partition coefficient (Wildman–Crippen LogP) is 3.19. The van der Waals surface area contributed by atoms with Gasteiger partial charge < -0.3 is 0 Å². The van der Waals surface area contributed by atoms with Crippen LogP contribution in [0.15, 0.2) is 47.4 Å². The highest BCUT2D eigenvalue weighted by Gasteiger charge is 2.31. The first-order valence-electron chi connectivity index (χ1n) is 6.49. The summed E-state index contributed by atoms with van der Waals surface area (Å²) in [5, 5.41) is 8.76. The first kappa shape index (κ1) is 17.9. The molecule has 0 amide bonds. The van der Waals surface area contributed by atoms with Gasteiger partial charge >= 0.3 is 6.18 Å². The Morgan fingerprint density at radius 3 is 2.42 bits per heavy atom. The molecule has 0 unspecified atom stereocenters. The van der Waals surface area contributed by atoms with Gasteiger partial charge in [0.2, 0.25) is 10.0 Å². The van der Waals surface area contributed by atoms with Gasteiger partial charge in [0.1, 0.15) is 5.82 Å². The Balaban J connectivity index is 2.19. The minimum Gasteiger partial charge on any atom is -0.207 e. The van der Waals surface area contributed by atoms with Gasteiger partial charge in [-0.05, 0) is 30.3 Å². The molecule has 0 spiro atoms. The Kier molecular flexibility index (Phi) is 4.91. The van der Waals surface area contributed by atoms with E-state index >= 15 is 0 Å². The summed E-state index contributed by atoms with van der Waals surface area (Å²) in [5.74, 6) is -1.17. The molecular weight excluding hydrogens is 348 g/mol. The smallest absolute Gasteiger partial charge is 0.207 e. The van der Waals surface area contributed by atoms with E-state index in [1.165, 1.54) is 18.2 Å². The van der Waals surface area contributed by atoms with Gasteiger partial charge in [-0.1, -0.05) is 12.1 Å². The summed E-state index contributed by atoms with van der Waals surface area (Å²) in [4.78, 5) is -0.200. The van der Waals surface area contributed by atoms with Crippen LogP contribution in [-0.4, -0.2) is 8.42 Å². The van der Waals surface area contributed by atoms with Gasteiger partial charge in [0.05, 0.1) is 22.1 Å². The molecule has 24 heavy (non-hydrogen) atoms. The molecule has 0 bridgehead atoms. The Morgan fingerprint density at radius 1 is 1.12 bits per heavy atom. The highest BCUT2D eigenvalue weighted by atomic mass is 32.2. The van der Waals surface area contributed by atoms with Gasteiger partial charge in [0.25, 0.3) is 0 Å². The van der Waals surface area contributed by atoms with E-state index in [1.54, 1.807) is 6.07 Å². The number of halogens is 4. The van der Waals surface area contributed by atoms with Crippen LogP contribution < -0.4 is 4.72 Å². The molecule has 0 fully saturated rings. The van der Waals surface area contributed by atoms with Crippen molar-refractivity contribution in [3.8, 4) is 6.07 Å². The van der Waals surface area contributed by atoms with Crippen LogP contribution in [0, 0.1) is 17.1 Å². The molecule has 0 saturated carbocycles. The van der Waals surface area contributed by atoms with Crippen LogP contribution in [0.1, 0.15) is 16.7 Å². The van der Waals surface area contributed by atoms with Gasteiger partial charge in [-0.25, -0.2) is 17.5 Å². The molecular formula is C15H10F4N2O2S. The lowest BCUT2D eigenvalue weighted by Gasteiger charge is -2.10. The zero-order valence-corrected chi connectivity index (χ0v) is 12.7. The number of benzene rings is 2. The lowest BCUT2D eigenvalue weighted by atomic mass is 10.1. The minimum atomic E-state index is -4.68. The summed E-state index contributed by atoms with van der Waals surface area (Å²) < 4.78 is 77.3. The van der Waals surface area contributed by atoms with Crippen molar-refractivity contribution < 1.29 is 26.0 Å². The SMILES string of the molecule is N#Cc1cccc(S(=O)(=O)NCc2ccc(C(F)(F)F)cc2F)c1. The normalized spacial score (nSPS) is 12.0. The number of hydrogen-bond donors (Lipinski definition) is 1. The molecule has 0 aliphatic carbocycles. The van der Waals surface area contributed by atoms with E-state index in [0.717, 1.165) is 12.1 Å². The third-order valence-electron chi connectivity index (χ3n) is 3.11. The van der Waals surface area contributed by atoms with Crippen LogP contribution in [0.4, 0.5) is 17.6 Å². The lowest BCUT2D eigenvalue weighted by Crippen LogP contribution is -2.24. The Bertz CT molecular complexity index is 902. The summed E-state index contributed by atoms with van der Waals surface area (Å²) in [6.07, 6.45) is -4.68. The molecule has 0 atom stereocenters. The summed E-state index contributed by atoms with van der Waals surface area (Å²) in [5.41, 5.74) is -1.27. The van der Waals surface area contributed by atoms with Crippen LogP contribution in [0.5, 0.6) is 0 Å². The quantitative estimate of drug-likeness (QED) is 0.854. The molecule has 4 nitrogen and oxygen atoms in total. The van der Waals surface area contributed by atoms with E-state index in [4.69, 9.17) is 5.26 Å². The zero-order valence-electron chi connectivity index (χ0n) is 11.9. The molecule has 2 rings (SSSR count). The Morgan fingerprint density at radius 2 is 1.83 bits per heavy atom. The summed E-state index contributed by atoms with van der Waals surface area (Å²) in [6, 6.07) is 8.78. The monoisotopic (exact) mass is 358 g/mol. The van der Waals surface area contributed by atoms with Gasteiger partial charge in [-0.2, -0.15) is 18.4 Å². The second-order valence-corrected chi connectivity index (χ2v) is 6.54. The standard InChI is InChI=1S/C15H10F4N2O2S/c16-14-7-12(15(17,18)19)5-4-11(14)9-21-24(22,23)13-3-1-2-10(6-13)8-20/h1-7,21H,9H2. The fraction of sp³-hybridized carbons (Fsp3) is 0.133. The zero-order chi connectivity index (χ0) is 18.0. The average Bonchev–Trinajstić information content (AvgIpc) is 2.53. The van der Waals surface area contributed by atoms with E-state index in [1.807, 2.05) is 0 Å². The highest BCUT2D eigenvalue weighted by Crippen LogP contribution is 2.30. The number of rotatable bonds is 4. The molecule has 0 radical (unpaired) electrons. The van der Waals surface area contributed by atoms with Crippen molar-refractivity contribution in [1.82, 2.24) is 4.72 Å². The number of nitrogens with one attached hydrogen (secondary N) is 1. The maximum absolute atomic E-state index is 13.7. The van der Waals surface area contributed by atoms with Crippen molar-refractivity contribution >= 4 is 10.0 Å². The van der Waals surface area contributed by atoms with Crippen LogP contribution in [0.25, 0.3) is 0 Å². The van der Waals surface area contributed by atoms with Crippen molar-refractivity contribution in [1.29, 1.82) is 5.26 Å². The third-order valence-corrected chi connectivity index (χ3v) is 4.51. The van der Waals surface area contributed by atoms with Gasteiger partial charge in [-0.15, -0.1) is 0 Å². The fourth-order valence-electron chi connectivity index (χ4n) is 1.86. The molecule has 0 saturated heterocycles. The number of alkyl halides is 3. The molecule has 0 aliphatic heterocycles. The van der Waals surface area contributed by atoms with E-state index in [2.05, 4.69) is 4.72 Å². The van der Waals surface area contributed by atoms with Crippen LogP contribution in [0.3, 0.4) is 0 Å². The summed E-state index contributed by atoms with van der Waals surface area (Å²) in [6.45, 7) is -0.525. The number of sulfonamides is 1. The molecule has 9 heteroatoms. The Labute approximate surface area is 135 Å². The van der Waals surface area contributed by atoms with Crippen molar-refractivity contribution in [3.05, 3.63) is 65.0 Å². The minimum absolute atomic E-state index is 0.124. The van der Waals surface area contributed by atoms with Crippen LogP contribution in [-0.2, 0) is 22.7 Å². The first-order chi connectivity index (χ1) is 11.1. The van der Waals surface area contributed by atoms with Crippen molar-refractivity contribution in [2.75, 3.05) is 0 Å². The van der Waals surface area contributed by atoms with E-state index in [0.29, 0.717) is 12.1 Å². The average molecular weight is 358 g/mol. The van der Waals surface area contributed by atoms with Crippen LogP contribution in [0.2, 0.25) is 0 Å². The summed E-state index contributed by atoms with van der Waals surface area (Å²) in [7, 11) is -4.04. The van der Waals surface area contributed by atoms with Gasteiger partial charge in [-0.3, -0.25) is 0 Å². The molecule has 0 aromatic heterocycles. The number of hydrogen-bond acceptors (Lipinski definition) is 3. The number of nitriles is 1. The van der Waals surface area contributed by atoms with Crippen molar-refractivity contribution in [2.24, 2.45) is 0 Å². The molecule has 0 heterocycles. The van der Waals surface area contributed by atoms with Crippen molar-refractivity contribution in [2.45, 2.75) is 17.6 Å². The van der Waals surface area contributed by atoms with E-state index in [9.17, 15) is 26.0 Å². The highest BCUT2D eigenvalue weighted by molar-refractivity contribution is 7.89. The van der Waals surface area contributed by atoms with Gasteiger partial charge in [0, 0.05) is 12.1 Å².